The summed E-state index contributed by atoms with van der Waals surface area (Å²) in [5.74, 6) is 0. The van der Waals surface area contributed by atoms with E-state index in [-0.39, 0.29) is 12.1 Å². The van der Waals surface area contributed by atoms with E-state index in [1.807, 2.05) is 0 Å². The zero-order valence-electron chi connectivity index (χ0n) is 11.1. The largest absolute Gasteiger partial charge is 0.392 e. The number of hydrogen-bond donors (Lipinski definition) is 2. The van der Waals surface area contributed by atoms with Crippen molar-refractivity contribution in [1.29, 1.82) is 0 Å². The maximum absolute atomic E-state index is 9.90. The van der Waals surface area contributed by atoms with Crippen molar-refractivity contribution in [3.63, 3.8) is 0 Å². The second-order valence-corrected chi connectivity index (χ2v) is 5.09. The molecule has 100 valence electrons. The van der Waals surface area contributed by atoms with Gasteiger partial charge in [0.1, 0.15) is 0 Å². The van der Waals surface area contributed by atoms with E-state index < -0.39 is 0 Å². The lowest BCUT2D eigenvalue weighted by molar-refractivity contribution is 0.0902. The minimum absolute atomic E-state index is 0.180. The van der Waals surface area contributed by atoms with Crippen molar-refractivity contribution in [2.24, 2.45) is 0 Å². The molecule has 0 heterocycles. The quantitative estimate of drug-likeness (QED) is 0.841. The molecule has 2 unspecified atom stereocenters. The maximum atomic E-state index is 9.90. The van der Waals surface area contributed by atoms with Crippen LogP contribution < -0.4 is 5.32 Å². The van der Waals surface area contributed by atoms with Gasteiger partial charge in [-0.3, -0.25) is 0 Å². The molecule has 1 aromatic rings. The van der Waals surface area contributed by atoms with Crippen molar-refractivity contribution in [2.45, 2.75) is 51.0 Å². The van der Waals surface area contributed by atoms with E-state index in [0.29, 0.717) is 6.61 Å². The van der Waals surface area contributed by atoms with E-state index in [9.17, 15) is 5.11 Å². The van der Waals surface area contributed by atoms with Crippen LogP contribution in [0.2, 0.25) is 0 Å². The SMILES string of the molecule is COCc1cccc(CNC2CCCCC2O)c1. The molecule has 1 fully saturated rings. The fourth-order valence-electron chi connectivity index (χ4n) is 2.59. The number of aliphatic hydroxyl groups is 1. The first kappa shape index (κ1) is 13.5. The third-order valence-electron chi connectivity index (χ3n) is 3.60. The van der Waals surface area contributed by atoms with Gasteiger partial charge in [0, 0.05) is 19.7 Å². The lowest BCUT2D eigenvalue weighted by Crippen LogP contribution is -2.41. The molecule has 2 atom stereocenters. The molecule has 1 saturated carbocycles. The van der Waals surface area contributed by atoms with E-state index in [0.717, 1.165) is 25.8 Å². The first-order valence-electron chi connectivity index (χ1n) is 6.78. The number of rotatable bonds is 5. The Bertz CT molecular complexity index is 367. The molecular formula is C15H23NO2. The van der Waals surface area contributed by atoms with E-state index >= 15 is 0 Å². The molecule has 2 rings (SSSR count). The van der Waals surface area contributed by atoms with Gasteiger partial charge in [-0.15, -0.1) is 0 Å². The number of aliphatic hydroxyl groups excluding tert-OH is 1. The van der Waals surface area contributed by atoms with E-state index in [4.69, 9.17) is 4.74 Å². The molecule has 0 aromatic heterocycles. The van der Waals surface area contributed by atoms with Gasteiger partial charge in [0.25, 0.3) is 0 Å². The predicted molar refractivity (Wildman–Crippen MR) is 72.3 cm³/mol. The van der Waals surface area contributed by atoms with Crippen molar-refractivity contribution >= 4 is 0 Å². The Labute approximate surface area is 109 Å². The summed E-state index contributed by atoms with van der Waals surface area (Å²) in [4.78, 5) is 0. The second kappa shape index (κ2) is 6.88. The number of nitrogens with one attached hydrogen (secondary N) is 1. The smallest absolute Gasteiger partial charge is 0.0713 e. The summed E-state index contributed by atoms with van der Waals surface area (Å²) in [7, 11) is 1.71. The highest BCUT2D eigenvalue weighted by molar-refractivity contribution is 5.23. The van der Waals surface area contributed by atoms with E-state index in [1.54, 1.807) is 7.11 Å². The standard InChI is InChI=1S/C15H23NO2/c1-18-11-13-6-4-5-12(9-13)10-16-14-7-2-3-8-15(14)17/h4-6,9,14-17H,2-3,7-8,10-11H2,1H3. The summed E-state index contributed by atoms with van der Waals surface area (Å²) in [5, 5.41) is 13.4. The number of methoxy groups -OCH3 is 1. The summed E-state index contributed by atoms with van der Waals surface area (Å²) < 4.78 is 5.13. The third-order valence-corrected chi connectivity index (χ3v) is 3.60. The Morgan fingerprint density at radius 3 is 2.83 bits per heavy atom. The van der Waals surface area contributed by atoms with Crippen LogP contribution in [0.1, 0.15) is 36.8 Å². The highest BCUT2D eigenvalue weighted by Crippen LogP contribution is 2.18. The van der Waals surface area contributed by atoms with Gasteiger partial charge in [0.2, 0.25) is 0 Å². The lowest BCUT2D eigenvalue weighted by atomic mass is 9.92. The average molecular weight is 249 g/mol. The molecule has 3 nitrogen and oxygen atoms in total. The molecule has 0 saturated heterocycles. The molecular weight excluding hydrogens is 226 g/mol. The molecule has 0 amide bonds. The number of benzene rings is 1. The van der Waals surface area contributed by atoms with Gasteiger partial charge in [-0.1, -0.05) is 37.1 Å². The van der Waals surface area contributed by atoms with Crippen LogP contribution in [0.15, 0.2) is 24.3 Å². The van der Waals surface area contributed by atoms with Crippen molar-refractivity contribution in [1.82, 2.24) is 5.32 Å². The molecule has 0 bridgehead atoms. The van der Waals surface area contributed by atoms with Crippen LogP contribution in [0.3, 0.4) is 0 Å². The lowest BCUT2D eigenvalue weighted by Gasteiger charge is -2.28. The molecule has 2 N–H and O–H groups in total. The number of ether oxygens (including phenoxy) is 1. The van der Waals surface area contributed by atoms with Gasteiger partial charge in [-0.2, -0.15) is 0 Å². The Kier molecular flexibility index (Phi) is 5.17. The van der Waals surface area contributed by atoms with Gasteiger partial charge in [0.05, 0.1) is 12.7 Å². The second-order valence-electron chi connectivity index (χ2n) is 5.09. The summed E-state index contributed by atoms with van der Waals surface area (Å²) in [5.41, 5.74) is 2.45. The highest BCUT2D eigenvalue weighted by Gasteiger charge is 2.21. The normalized spacial score (nSPS) is 24.1. The van der Waals surface area contributed by atoms with Crippen molar-refractivity contribution < 1.29 is 9.84 Å². The summed E-state index contributed by atoms with van der Waals surface area (Å²) in [6.07, 6.45) is 4.21. The molecule has 18 heavy (non-hydrogen) atoms. The monoisotopic (exact) mass is 249 g/mol. The van der Waals surface area contributed by atoms with Crippen LogP contribution in [0.4, 0.5) is 0 Å². The molecule has 1 aliphatic carbocycles. The van der Waals surface area contributed by atoms with Crippen LogP contribution in [-0.2, 0) is 17.9 Å². The summed E-state index contributed by atoms with van der Waals surface area (Å²) in [6, 6.07) is 8.66. The fourth-order valence-corrected chi connectivity index (χ4v) is 2.59. The minimum atomic E-state index is -0.180. The summed E-state index contributed by atoms with van der Waals surface area (Å²) in [6.45, 7) is 1.47. The molecule has 0 radical (unpaired) electrons. The topological polar surface area (TPSA) is 41.5 Å². The van der Waals surface area contributed by atoms with Crippen molar-refractivity contribution in [3.8, 4) is 0 Å². The Morgan fingerprint density at radius 2 is 2.06 bits per heavy atom. The first-order valence-corrected chi connectivity index (χ1v) is 6.78. The fraction of sp³-hybridized carbons (Fsp3) is 0.600. The van der Waals surface area contributed by atoms with Crippen molar-refractivity contribution in [3.05, 3.63) is 35.4 Å². The predicted octanol–water partition coefficient (Wildman–Crippen LogP) is 2.23. The van der Waals surface area contributed by atoms with Crippen molar-refractivity contribution in [2.75, 3.05) is 7.11 Å². The first-order chi connectivity index (χ1) is 8.79. The van der Waals surface area contributed by atoms with Crippen LogP contribution in [-0.4, -0.2) is 24.4 Å². The minimum Gasteiger partial charge on any atom is -0.392 e. The van der Waals surface area contributed by atoms with Gasteiger partial charge in [-0.05, 0) is 24.0 Å². The Hall–Kier alpha value is -0.900. The zero-order chi connectivity index (χ0) is 12.8. The maximum Gasteiger partial charge on any atom is 0.0713 e. The molecule has 0 aliphatic heterocycles. The van der Waals surface area contributed by atoms with Crippen LogP contribution in [0.25, 0.3) is 0 Å². The van der Waals surface area contributed by atoms with E-state index in [1.165, 1.54) is 17.5 Å². The molecule has 1 aliphatic rings. The zero-order valence-corrected chi connectivity index (χ0v) is 11.1. The molecule has 1 aromatic carbocycles. The highest BCUT2D eigenvalue weighted by atomic mass is 16.5. The average Bonchev–Trinajstić information content (AvgIpc) is 2.39. The third kappa shape index (κ3) is 3.80. The Balaban J connectivity index is 1.87. The van der Waals surface area contributed by atoms with Gasteiger partial charge >= 0.3 is 0 Å². The van der Waals surface area contributed by atoms with Gasteiger partial charge in [-0.25, -0.2) is 0 Å². The molecule has 3 heteroatoms. The number of hydrogen-bond acceptors (Lipinski definition) is 3. The molecule has 0 spiro atoms. The van der Waals surface area contributed by atoms with Crippen LogP contribution in [0.5, 0.6) is 0 Å². The van der Waals surface area contributed by atoms with Crippen LogP contribution >= 0.6 is 0 Å². The summed E-state index contributed by atoms with van der Waals surface area (Å²) >= 11 is 0. The van der Waals surface area contributed by atoms with Crippen LogP contribution in [0, 0.1) is 0 Å². The Morgan fingerprint density at radius 1 is 1.28 bits per heavy atom. The van der Waals surface area contributed by atoms with E-state index in [2.05, 4.69) is 29.6 Å². The van der Waals surface area contributed by atoms with Gasteiger partial charge in [0.15, 0.2) is 0 Å². The van der Waals surface area contributed by atoms with Gasteiger partial charge < -0.3 is 15.2 Å².